The molecule has 3 N–H and O–H groups in total. The van der Waals surface area contributed by atoms with Gasteiger partial charge >= 0.3 is 0 Å². The minimum atomic E-state index is -0.551. The van der Waals surface area contributed by atoms with E-state index in [4.69, 9.17) is 4.98 Å². The minimum Gasteiger partial charge on any atom is -0.335 e. The van der Waals surface area contributed by atoms with Gasteiger partial charge < -0.3 is 10.3 Å². The number of hydrogen-bond donors (Lipinski definition) is 3. The lowest BCUT2D eigenvalue weighted by molar-refractivity contribution is -0.120. The van der Waals surface area contributed by atoms with E-state index in [1.54, 1.807) is 42.2 Å². The van der Waals surface area contributed by atoms with Crippen LogP contribution in [0.15, 0.2) is 53.9 Å². The number of imidazole rings is 1. The van der Waals surface area contributed by atoms with Crippen LogP contribution in [0.3, 0.4) is 0 Å². The number of anilines is 1. The smallest absolute Gasteiger partial charge is 0.227 e. The molecule has 9 nitrogen and oxygen atoms in total. The molecular weight excluding hydrogens is 515 g/mol. The molecule has 1 fully saturated rings. The number of amides is 1. The summed E-state index contributed by atoms with van der Waals surface area (Å²) in [4.78, 5) is 33.7. The topological polar surface area (TPSA) is 125 Å². The molecule has 39 heavy (non-hydrogen) atoms. The van der Waals surface area contributed by atoms with Gasteiger partial charge in [0, 0.05) is 29.4 Å². The van der Waals surface area contributed by atoms with E-state index in [2.05, 4.69) is 35.5 Å². The first-order chi connectivity index (χ1) is 19.2. The molecule has 0 unspecified atom stereocenters. The predicted octanol–water partition coefficient (Wildman–Crippen LogP) is 6.34. The summed E-state index contributed by atoms with van der Waals surface area (Å²) in [6, 6.07) is 3.71. The molecule has 0 aliphatic heterocycles. The van der Waals surface area contributed by atoms with E-state index < -0.39 is 5.82 Å². The highest BCUT2D eigenvalue weighted by Gasteiger charge is 2.23. The predicted molar refractivity (Wildman–Crippen MR) is 148 cm³/mol. The number of nitrogens with one attached hydrogen (secondary N) is 3. The number of nitrogens with zero attached hydrogens (tertiary/aromatic N) is 5. The van der Waals surface area contributed by atoms with Crippen LogP contribution in [0, 0.1) is 11.7 Å². The number of carbonyl (C=O) groups is 1. The molecule has 6 aromatic heterocycles. The fourth-order valence-electron chi connectivity index (χ4n) is 5.27. The average Bonchev–Trinajstić information content (AvgIpc) is 3.73. The summed E-state index contributed by atoms with van der Waals surface area (Å²) >= 11 is 1.59. The third kappa shape index (κ3) is 4.24. The molecule has 1 aliphatic carbocycles. The van der Waals surface area contributed by atoms with Gasteiger partial charge in [-0.1, -0.05) is 19.3 Å². The van der Waals surface area contributed by atoms with E-state index in [1.165, 1.54) is 12.6 Å². The number of H-pyrrole nitrogens is 2. The Morgan fingerprint density at radius 3 is 2.72 bits per heavy atom. The highest BCUT2D eigenvalue weighted by molar-refractivity contribution is 7.08. The molecule has 11 heteroatoms. The van der Waals surface area contributed by atoms with E-state index in [9.17, 15) is 4.79 Å². The van der Waals surface area contributed by atoms with Gasteiger partial charge in [-0.2, -0.15) is 16.4 Å². The summed E-state index contributed by atoms with van der Waals surface area (Å²) in [5.74, 6) is -0.147. The van der Waals surface area contributed by atoms with Gasteiger partial charge in [0.15, 0.2) is 11.6 Å². The van der Waals surface area contributed by atoms with E-state index in [1.807, 2.05) is 16.8 Å². The van der Waals surface area contributed by atoms with Gasteiger partial charge in [0.2, 0.25) is 5.91 Å². The van der Waals surface area contributed by atoms with Gasteiger partial charge in [0.05, 0.1) is 40.7 Å². The largest absolute Gasteiger partial charge is 0.335 e. The van der Waals surface area contributed by atoms with Crippen molar-refractivity contribution >= 4 is 44.9 Å². The molecule has 1 saturated carbocycles. The van der Waals surface area contributed by atoms with Gasteiger partial charge in [0.25, 0.3) is 0 Å². The summed E-state index contributed by atoms with van der Waals surface area (Å²) in [6.45, 7) is 0. The summed E-state index contributed by atoms with van der Waals surface area (Å²) in [6.07, 6.45) is 13.2. The van der Waals surface area contributed by atoms with Crippen LogP contribution in [0.5, 0.6) is 0 Å². The average molecular weight is 539 g/mol. The number of halogens is 1. The van der Waals surface area contributed by atoms with Crippen molar-refractivity contribution in [2.75, 3.05) is 5.32 Å². The third-order valence-corrected chi connectivity index (χ3v) is 7.93. The molecule has 1 amide bonds. The summed E-state index contributed by atoms with van der Waals surface area (Å²) < 4.78 is 16.1. The lowest BCUT2D eigenvalue weighted by atomic mass is 9.88. The molecule has 7 rings (SSSR count). The molecular formula is C28H23FN8OS. The van der Waals surface area contributed by atoms with Gasteiger partial charge in [-0.15, -0.1) is 0 Å². The first-order valence-electron chi connectivity index (χ1n) is 12.8. The van der Waals surface area contributed by atoms with Gasteiger partial charge in [-0.05, 0) is 41.3 Å². The first kappa shape index (κ1) is 23.6. The highest BCUT2D eigenvalue weighted by Crippen LogP contribution is 2.35. The Morgan fingerprint density at radius 2 is 1.87 bits per heavy atom. The van der Waals surface area contributed by atoms with E-state index in [0.717, 1.165) is 47.8 Å². The van der Waals surface area contributed by atoms with Crippen molar-refractivity contribution in [3.05, 3.63) is 59.7 Å². The van der Waals surface area contributed by atoms with Crippen LogP contribution in [0.1, 0.15) is 32.1 Å². The van der Waals surface area contributed by atoms with Crippen molar-refractivity contribution in [3.8, 4) is 33.9 Å². The SMILES string of the molecule is O=C(Nc1cncc(-c2ncc3[nH]nc(-c4nc5c(-c6ccsc6)cncc5[nH]4)c3c2F)c1)C1CCCCC1. The van der Waals surface area contributed by atoms with E-state index in [-0.39, 0.29) is 22.9 Å². The highest BCUT2D eigenvalue weighted by atomic mass is 32.1. The maximum Gasteiger partial charge on any atom is 0.227 e. The number of pyridine rings is 3. The van der Waals surface area contributed by atoms with Crippen molar-refractivity contribution in [2.24, 2.45) is 5.92 Å². The van der Waals surface area contributed by atoms with Crippen molar-refractivity contribution in [1.29, 1.82) is 0 Å². The minimum absolute atomic E-state index is 0.00127. The van der Waals surface area contributed by atoms with Gasteiger partial charge in [-0.3, -0.25) is 24.8 Å². The number of thiophene rings is 1. The maximum atomic E-state index is 16.1. The van der Waals surface area contributed by atoms with Crippen LogP contribution < -0.4 is 5.32 Å². The van der Waals surface area contributed by atoms with Crippen LogP contribution >= 0.6 is 11.3 Å². The second-order valence-corrected chi connectivity index (χ2v) is 10.5. The van der Waals surface area contributed by atoms with Crippen molar-refractivity contribution in [1.82, 2.24) is 35.1 Å². The number of aromatic amines is 2. The standard InChI is InChI=1S/C28H23FN8OS/c29-23-22-20(13-32-24(23)17-8-18(10-30-9-17)33-28(38)15-4-2-1-3-5-15)36-37-26(22)27-34-21-12-31-11-19(25(21)35-27)16-6-7-39-14-16/h6-15H,1-5H2,(H,33,38)(H,34,35)(H,36,37). The van der Waals surface area contributed by atoms with Crippen LogP contribution in [0.25, 0.3) is 55.8 Å². The zero-order valence-electron chi connectivity index (χ0n) is 20.7. The Bertz CT molecular complexity index is 1820. The molecule has 0 atom stereocenters. The second kappa shape index (κ2) is 9.66. The van der Waals surface area contributed by atoms with Gasteiger partial charge in [-0.25, -0.2) is 9.37 Å². The van der Waals surface area contributed by atoms with Crippen molar-refractivity contribution in [3.63, 3.8) is 0 Å². The molecule has 0 spiro atoms. The Kier molecular flexibility index (Phi) is 5.85. The fraction of sp³-hybridized carbons (Fsp3) is 0.214. The van der Waals surface area contributed by atoms with E-state index >= 15 is 4.39 Å². The summed E-state index contributed by atoms with van der Waals surface area (Å²) in [5, 5.41) is 14.5. The maximum absolute atomic E-state index is 16.1. The fourth-order valence-corrected chi connectivity index (χ4v) is 5.92. The van der Waals surface area contributed by atoms with Crippen LogP contribution in [0.4, 0.5) is 10.1 Å². The Morgan fingerprint density at radius 1 is 1.00 bits per heavy atom. The number of rotatable bonds is 5. The molecule has 0 bridgehead atoms. The molecule has 6 aromatic rings. The van der Waals surface area contributed by atoms with Gasteiger partial charge in [0.1, 0.15) is 16.9 Å². The van der Waals surface area contributed by atoms with Crippen LogP contribution in [0.2, 0.25) is 0 Å². The third-order valence-electron chi connectivity index (χ3n) is 7.25. The molecule has 0 saturated heterocycles. The van der Waals surface area contributed by atoms with Crippen molar-refractivity contribution in [2.45, 2.75) is 32.1 Å². The molecule has 194 valence electrons. The van der Waals surface area contributed by atoms with E-state index in [0.29, 0.717) is 28.3 Å². The van der Waals surface area contributed by atoms with Crippen LogP contribution in [-0.4, -0.2) is 41.0 Å². The zero-order valence-corrected chi connectivity index (χ0v) is 21.6. The molecule has 0 aromatic carbocycles. The molecule has 1 aliphatic rings. The monoisotopic (exact) mass is 538 g/mol. The Hall–Kier alpha value is -4.51. The zero-order chi connectivity index (χ0) is 26.3. The second-order valence-electron chi connectivity index (χ2n) is 9.75. The first-order valence-corrected chi connectivity index (χ1v) is 13.8. The summed E-state index contributed by atoms with van der Waals surface area (Å²) in [5.41, 5.74) is 5.23. The normalized spacial score (nSPS) is 14.3. The quantitative estimate of drug-likeness (QED) is 0.235. The molecule has 6 heterocycles. The number of fused-ring (bicyclic) bond motifs is 2. The molecule has 0 radical (unpaired) electrons. The van der Waals surface area contributed by atoms with Crippen molar-refractivity contribution < 1.29 is 9.18 Å². The number of aromatic nitrogens is 7. The Labute approximate surface area is 226 Å². The lowest BCUT2D eigenvalue weighted by Gasteiger charge is -2.20. The number of carbonyl (C=O) groups excluding carboxylic acids is 1. The Balaban J connectivity index is 1.26. The number of hydrogen-bond acceptors (Lipinski definition) is 7. The summed E-state index contributed by atoms with van der Waals surface area (Å²) in [7, 11) is 0. The van der Waals surface area contributed by atoms with Crippen LogP contribution in [-0.2, 0) is 4.79 Å². The lowest BCUT2D eigenvalue weighted by Crippen LogP contribution is -2.24.